The summed E-state index contributed by atoms with van der Waals surface area (Å²) in [7, 11) is -0.381. The average molecular weight is 423 g/mol. The topological polar surface area (TPSA) is 36.9 Å². The second kappa shape index (κ2) is 8.15. The Balaban J connectivity index is 1.52. The molecule has 1 heterocycles. The zero-order valence-electron chi connectivity index (χ0n) is 16.8. The van der Waals surface area contributed by atoms with E-state index in [0.29, 0.717) is 29.0 Å². The largest absolute Gasteiger partial charge is 0.494 e. The number of hydrogen-bond acceptors (Lipinski definition) is 4. The molecule has 1 aliphatic rings. The lowest BCUT2D eigenvalue weighted by atomic mass is 9.79. The Morgan fingerprint density at radius 2 is 1.36 bits per heavy atom. The Morgan fingerprint density at radius 3 is 1.89 bits per heavy atom. The molecule has 4 nitrogen and oxygen atoms in total. The van der Waals surface area contributed by atoms with E-state index in [2.05, 4.69) is 0 Å². The van der Waals surface area contributed by atoms with Crippen molar-refractivity contribution in [3.8, 4) is 11.5 Å². The number of hydrogen-bond donors (Lipinski definition) is 0. The highest BCUT2D eigenvalue weighted by Gasteiger charge is 2.51. The minimum atomic E-state index is -0.381. The molecule has 0 N–H and O–H groups in total. The molecule has 0 aliphatic carbocycles. The molecule has 28 heavy (non-hydrogen) atoms. The summed E-state index contributed by atoms with van der Waals surface area (Å²) < 4.78 is 23.5. The van der Waals surface area contributed by atoms with E-state index in [-0.39, 0.29) is 18.3 Å². The monoisotopic (exact) mass is 422 g/mol. The second-order valence-corrected chi connectivity index (χ2v) is 8.73. The Hall–Kier alpha value is -1.40. The molecule has 0 spiro atoms. The summed E-state index contributed by atoms with van der Waals surface area (Å²) in [5.41, 5.74) is 1.23. The first kappa shape index (κ1) is 21.3. The summed E-state index contributed by atoms with van der Waals surface area (Å²) in [6.07, 6.45) is 0. The summed E-state index contributed by atoms with van der Waals surface area (Å²) in [6.45, 7) is 10.8. The van der Waals surface area contributed by atoms with Gasteiger partial charge < -0.3 is 18.8 Å². The fourth-order valence-electron chi connectivity index (χ4n) is 2.83. The maximum absolute atomic E-state index is 6.18. The van der Waals surface area contributed by atoms with Crippen molar-refractivity contribution in [2.45, 2.75) is 45.8 Å². The van der Waals surface area contributed by atoms with E-state index in [1.54, 1.807) is 0 Å². The Morgan fingerprint density at radius 1 is 0.857 bits per heavy atom. The van der Waals surface area contributed by atoms with Crippen molar-refractivity contribution in [3.63, 3.8) is 0 Å². The van der Waals surface area contributed by atoms with Crippen molar-refractivity contribution in [3.05, 3.63) is 52.0 Å². The SMILES string of the molecule is Cc1cc(Cl)c(OCCOc2ccc(B3OC(C)(C)C(C)(C)O3)cc2)c(Cl)c1. The first-order valence-corrected chi connectivity index (χ1v) is 10.0. The molecule has 1 fully saturated rings. The van der Waals surface area contributed by atoms with Gasteiger partial charge in [-0.1, -0.05) is 35.3 Å². The number of aryl methyl sites for hydroxylation is 1. The average Bonchev–Trinajstić information content (AvgIpc) is 2.81. The number of halogens is 2. The van der Waals surface area contributed by atoms with E-state index >= 15 is 0 Å². The molecule has 0 radical (unpaired) electrons. The lowest BCUT2D eigenvalue weighted by Crippen LogP contribution is -2.41. The fraction of sp³-hybridized carbons (Fsp3) is 0.429. The van der Waals surface area contributed by atoms with Gasteiger partial charge >= 0.3 is 7.12 Å². The summed E-state index contributed by atoms with van der Waals surface area (Å²) in [4.78, 5) is 0. The van der Waals surface area contributed by atoms with Crippen LogP contribution in [0.4, 0.5) is 0 Å². The zero-order valence-corrected chi connectivity index (χ0v) is 18.4. The third-order valence-corrected chi connectivity index (χ3v) is 5.71. The van der Waals surface area contributed by atoms with Crippen LogP contribution in [0.5, 0.6) is 11.5 Å². The van der Waals surface area contributed by atoms with Gasteiger partial charge in [0.25, 0.3) is 0 Å². The van der Waals surface area contributed by atoms with Crippen LogP contribution in [-0.2, 0) is 9.31 Å². The minimum Gasteiger partial charge on any atom is -0.490 e. The van der Waals surface area contributed by atoms with Crippen LogP contribution in [0.3, 0.4) is 0 Å². The smallest absolute Gasteiger partial charge is 0.490 e. The van der Waals surface area contributed by atoms with Crippen LogP contribution in [-0.4, -0.2) is 31.5 Å². The summed E-state index contributed by atoms with van der Waals surface area (Å²) in [5.74, 6) is 1.22. The van der Waals surface area contributed by atoms with Gasteiger partial charge in [0.2, 0.25) is 0 Å². The molecule has 0 unspecified atom stereocenters. The molecule has 0 aromatic heterocycles. The lowest BCUT2D eigenvalue weighted by molar-refractivity contribution is 0.00578. The molecule has 1 saturated heterocycles. The van der Waals surface area contributed by atoms with E-state index in [4.69, 9.17) is 42.0 Å². The van der Waals surface area contributed by atoms with E-state index < -0.39 is 0 Å². The Bertz CT molecular complexity index is 798. The van der Waals surface area contributed by atoms with Gasteiger partial charge in [0.05, 0.1) is 21.2 Å². The minimum absolute atomic E-state index is 0.335. The normalized spacial score (nSPS) is 17.6. The number of rotatable bonds is 6. The molecule has 3 rings (SSSR count). The van der Waals surface area contributed by atoms with Crippen LogP contribution >= 0.6 is 23.2 Å². The highest BCUT2D eigenvalue weighted by Crippen LogP contribution is 2.36. The highest BCUT2D eigenvalue weighted by atomic mass is 35.5. The second-order valence-electron chi connectivity index (χ2n) is 7.91. The van der Waals surface area contributed by atoms with Crippen molar-refractivity contribution in [1.82, 2.24) is 0 Å². The molecule has 150 valence electrons. The summed E-state index contributed by atoms with van der Waals surface area (Å²) >= 11 is 12.4. The van der Waals surface area contributed by atoms with Crippen molar-refractivity contribution < 1.29 is 18.8 Å². The molecule has 1 aliphatic heterocycles. The van der Waals surface area contributed by atoms with Crippen molar-refractivity contribution >= 4 is 35.8 Å². The maximum Gasteiger partial charge on any atom is 0.494 e. The first-order valence-electron chi connectivity index (χ1n) is 9.26. The van der Waals surface area contributed by atoms with E-state index in [1.165, 1.54) is 0 Å². The van der Waals surface area contributed by atoms with Crippen molar-refractivity contribution in [2.24, 2.45) is 0 Å². The third kappa shape index (κ3) is 4.60. The Labute approximate surface area is 177 Å². The maximum atomic E-state index is 6.18. The standard InChI is InChI=1S/C21H25BCl2O4/c1-14-12-17(23)19(18(24)13-14)26-11-10-25-16-8-6-15(7-9-16)22-27-20(2,3)21(4,5)28-22/h6-9,12-13H,10-11H2,1-5H3. The van der Waals surface area contributed by atoms with Gasteiger partial charge in [0.15, 0.2) is 5.75 Å². The van der Waals surface area contributed by atoms with Crippen LogP contribution in [0.25, 0.3) is 0 Å². The molecular weight excluding hydrogens is 398 g/mol. The molecule has 0 bridgehead atoms. The Kier molecular flexibility index (Phi) is 6.21. The van der Waals surface area contributed by atoms with E-state index in [9.17, 15) is 0 Å². The van der Waals surface area contributed by atoms with Gasteiger partial charge in [0, 0.05) is 0 Å². The van der Waals surface area contributed by atoms with Crippen molar-refractivity contribution in [2.75, 3.05) is 13.2 Å². The summed E-state index contributed by atoms with van der Waals surface area (Å²) in [5, 5.41) is 0.994. The lowest BCUT2D eigenvalue weighted by Gasteiger charge is -2.32. The van der Waals surface area contributed by atoms with Gasteiger partial charge in [-0.05, 0) is 69.9 Å². The molecule has 0 saturated carbocycles. The van der Waals surface area contributed by atoms with Crippen LogP contribution in [0.15, 0.2) is 36.4 Å². The summed E-state index contributed by atoms with van der Waals surface area (Å²) in [6, 6.07) is 11.3. The van der Waals surface area contributed by atoms with Gasteiger partial charge in [0.1, 0.15) is 19.0 Å². The number of benzene rings is 2. The van der Waals surface area contributed by atoms with Crippen LogP contribution in [0.1, 0.15) is 33.3 Å². The van der Waals surface area contributed by atoms with Crippen LogP contribution in [0, 0.1) is 6.92 Å². The molecular formula is C21H25BCl2O4. The third-order valence-electron chi connectivity index (χ3n) is 5.15. The van der Waals surface area contributed by atoms with E-state index in [1.807, 2.05) is 71.0 Å². The van der Waals surface area contributed by atoms with Gasteiger partial charge in [-0.3, -0.25) is 0 Å². The van der Waals surface area contributed by atoms with Crippen LogP contribution < -0.4 is 14.9 Å². The van der Waals surface area contributed by atoms with Gasteiger partial charge in [-0.2, -0.15) is 0 Å². The predicted molar refractivity (Wildman–Crippen MR) is 114 cm³/mol. The van der Waals surface area contributed by atoms with Crippen molar-refractivity contribution in [1.29, 1.82) is 0 Å². The quantitative estimate of drug-likeness (QED) is 0.481. The molecule has 0 atom stereocenters. The highest BCUT2D eigenvalue weighted by molar-refractivity contribution is 6.62. The number of ether oxygens (including phenoxy) is 2. The zero-order chi connectivity index (χ0) is 20.5. The molecule has 2 aromatic carbocycles. The molecule has 0 amide bonds. The first-order chi connectivity index (χ1) is 13.1. The van der Waals surface area contributed by atoms with E-state index in [0.717, 1.165) is 16.8 Å². The molecule has 7 heteroatoms. The van der Waals surface area contributed by atoms with Crippen LogP contribution in [0.2, 0.25) is 10.0 Å². The predicted octanol–water partition coefficient (Wildman–Crippen LogP) is 5.06. The van der Waals surface area contributed by atoms with Gasteiger partial charge in [-0.25, -0.2) is 0 Å². The molecule has 2 aromatic rings. The fourth-order valence-corrected chi connectivity index (χ4v) is 3.53. The van der Waals surface area contributed by atoms with Gasteiger partial charge in [-0.15, -0.1) is 0 Å².